The van der Waals surface area contributed by atoms with Crippen LogP contribution in [0.4, 0.5) is 0 Å². The number of methoxy groups -OCH3 is 3. The number of thioether (sulfide) groups is 1. The normalized spacial score (nSPS) is 10.4. The van der Waals surface area contributed by atoms with Gasteiger partial charge in [-0.3, -0.25) is 4.79 Å². The highest BCUT2D eigenvalue weighted by Gasteiger charge is 2.18. The Labute approximate surface area is 144 Å². The molecule has 9 heteroatoms. The summed E-state index contributed by atoms with van der Waals surface area (Å²) < 4.78 is 21.5. The minimum absolute atomic E-state index is 0.0347. The SMILES string of the molecule is COc1cc(-c2nnc(SCC(=O)N(C)C)o2)cc(OC)c1OC. The molecule has 0 bridgehead atoms. The van der Waals surface area contributed by atoms with Crippen LogP contribution >= 0.6 is 11.8 Å². The molecule has 0 spiro atoms. The molecular weight excluding hydrogens is 334 g/mol. The van der Waals surface area contributed by atoms with E-state index >= 15 is 0 Å². The van der Waals surface area contributed by atoms with Crippen LogP contribution < -0.4 is 14.2 Å². The van der Waals surface area contributed by atoms with Crippen molar-refractivity contribution in [1.29, 1.82) is 0 Å². The van der Waals surface area contributed by atoms with E-state index in [1.165, 1.54) is 38.0 Å². The second kappa shape index (κ2) is 7.91. The van der Waals surface area contributed by atoms with Crippen LogP contribution in [0.3, 0.4) is 0 Å². The third kappa shape index (κ3) is 3.91. The monoisotopic (exact) mass is 353 g/mol. The number of ether oxygens (including phenoxy) is 3. The van der Waals surface area contributed by atoms with Gasteiger partial charge in [-0.15, -0.1) is 10.2 Å². The van der Waals surface area contributed by atoms with Crippen molar-refractivity contribution in [2.45, 2.75) is 5.22 Å². The first-order valence-electron chi connectivity index (χ1n) is 6.97. The van der Waals surface area contributed by atoms with Crippen molar-refractivity contribution in [3.8, 4) is 28.7 Å². The van der Waals surface area contributed by atoms with E-state index in [1.54, 1.807) is 26.2 Å². The number of nitrogens with zero attached hydrogens (tertiary/aromatic N) is 3. The van der Waals surface area contributed by atoms with Crippen LogP contribution in [0.25, 0.3) is 11.5 Å². The molecule has 2 rings (SSSR count). The Morgan fingerprint density at radius 3 is 2.25 bits per heavy atom. The van der Waals surface area contributed by atoms with Crippen molar-refractivity contribution in [3.63, 3.8) is 0 Å². The van der Waals surface area contributed by atoms with Gasteiger partial charge in [-0.1, -0.05) is 11.8 Å². The Hall–Kier alpha value is -2.42. The van der Waals surface area contributed by atoms with Crippen LogP contribution in [0.2, 0.25) is 0 Å². The van der Waals surface area contributed by atoms with Gasteiger partial charge in [-0.05, 0) is 12.1 Å². The second-order valence-corrected chi connectivity index (χ2v) is 5.79. The van der Waals surface area contributed by atoms with Crippen LogP contribution in [0, 0.1) is 0 Å². The molecule has 2 aromatic rings. The maximum absolute atomic E-state index is 11.6. The van der Waals surface area contributed by atoms with Crippen LogP contribution in [0.5, 0.6) is 17.2 Å². The van der Waals surface area contributed by atoms with Gasteiger partial charge in [0, 0.05) is 19.7 Å². The highest BCUT2D eigenvalue weighted by atomic mass is 32.2. The summed E-state index contributed by atoms with van der Waals surface area (Å²) in [6, 6.07) is 3.43. The number of carbonyl (C=O) groups is 1. The summed E-state index contributed by atoms with van der Waals surface area (Å²) >= 11 is 1.18. The molecule has 0 fully saturated rings. The summed E-state index contributed by atoms with van der Waals surface area (Å²) in [7, 11) is 7.98. The van der Waals surface area contributed by atoms with Gasteiger partial charge >= 0.3 is 0 Å². The zero-order valence-corrected chi connectivity index (χ0v) is 15.0. The van der Waals surface area contributed by atoms with Crippen LogP contribution in [0.15, 0.2) is 21.8 Å². The molecule has 0 unspecified atom stereocenters. The van der Waals surface area contributed by atoms with Crippen molar-refractivity contribution < 1.29 is 23.4 Å². The third-order valence-corrected chi connectivity index (χ3v) is 3.94. The molecule has 1 amide bonds. The smallest absolute Gasteiger partial charge is 0.277 e. The van der Waals surface area contributed by atoms with Crippen molar-refractivity contribution in [3.05, 3.63) is 12.1 Å². The fraction of sp³-hybridized carbons (Fsp3) is 0.400. The van der Waals surface area contributed by atoms with E-state index in [2.05, 4.69) is 10.2 Å². The molecule has 1 aromatic carbocycles. The number of rotatable bonds is 7. The fourth-order valence-electron chi connectivity index (χ4n) is 1.84. The maximum atomic E-state index is 11.6. The van der Waals surface area contributed by atoms with Crippen molar-refractivity contribution in [2.24, 2.45) is 0 Å². The number of carbonyl (C=O) groups excluding carboxylic acids is 1. The van der Waals surface area contributed by atoms with Gasteiger partial charge in [0.25, 0.3) is 5.22 Å². The largest absolute Gasteiger partial charge is 0.493 e. The zero-order chi connectivity index (χ0) is 17.7. The molecule has 130 valence electrons. The summed E-state index contributed by atoms with van der Waals surface area (Å²) in [6.07, 6.45) is 0. The van der Waals surface area contributed by atoms with Gasteiger partial charge in [-0.25, -0.2) is 0 Å². The molecule has 0 N–H and O–H groups in total. The van der Waals surface area contributed by atoms with Crippen LogP contribution in [0.1, 0.15) is 0 Å². The van der Waals surface area contributed by atoms with E-state index in [4.69, 9.17) is 18.6 Å². The van der Waals surface area contributed by atoms with E-state index < -0.39 is 0 Å². The molecular formula is C15H19N3O5S. The van der Waals surface area contributed by atoms with Gasteiger partial charge in [0.15, 0.2) is 11.5 Å². The molecule has 0 saturated heterocycles. The maximum Gasteiger partial charge on any atom is 0.277 e. The predicted octanol–water partition coefficient (Wildman–Crippen LogP) is 1.94. The molecule has 0 aliphatic rings. The number of hydrogen-bond donors (Lipinski definition) is 0. The molecule has 1 aromatic heterocycles. The Balaban J connectivity index is 2.25. The van der Waals surface area contributed by atoms with E-state index in [0.717, 1.165) is 0 Å². The minimum atomic E-state index is -0.0347. The van der Waals surface area contributed by atoms with Gasteiger partial charge in [0.2, 0.25) is 17.5 Å². The molecule has 0 radical (unpaired) electrons. The highest BCUT2D eigenvalue weighted by Crippen LogP contribution is 2.41. The van der Waals surface area contributed by atoms with E-state index in [0.29, 0.717) is 33.9 Å². The third-order valence-electron chi connectivity index (χ3n) is 3.14. The van der Waals surface area contributed by atoms with Crippen molar-refractivity contribution in [1.82, 2.24) is 15.1 Å². The molecule has 0 saturated carbocycles. The number of amides is 1. The van der Waals surface area contributed by atoms with Gasteiger partial charge in [0.1, 0.15) is 0 Å². The number of benzene rings is 1. The first-order valence-corrected chi connectivity index (χ1v) is 7.95. The lowest BCUT2D eigenvalue weighted by atomic mass is 10.2. The summed E-state index contributed by atoms with van der Waals surface area (Å²) in [5.74, 6) is 1.95. The molecule has 8 nitrogen and oxygen atoms in total. The summed E-state index contributed by atoms with van der Waals surface area (Å²) in [5, 5.41) is 8.26. The number of aromatic nitrogens is 2. The quantitative estimate of drug-likeness (QED) is 0.698. The first kappa shape index (κ1) is 17.9. The number of hydrogen-bond acceptors (Lipinski definition) is 8. The second-order valence-electron chi connectivity index (χ2n) is 4.86. The van der Waals surface area contributed by atoms with Gasteiger partial charge in [0.05, 0.1) is 27.1 Å². The summed E-state index contributed by atoms with van der Waals surface area (Å²) in [6.45, 7) is 0. The Morgan fingerprint density at radius 2 is 1.75 bits per heavy atom. The van der Waals surface area contributed by atoms with E-state index in [-0.39, 0.29) is 11.7 Å². The average Bonchev–Trinajstić information content (AvgIpc) is 3.06. The molecule has 1 heterocycles. The van der Waals surface area contributed by atoms with Gasteiger partial charge in [-0.2, -0.15) is 0 Å². The lowest BCUT2D eigenvalue weighted by Crippen LogP contribution is -2.23. The lowest BCUT2D eigenvalue weighted by Gasteiger charge is -2.12. The van der Waals surface area contributed by atoms with E-state index in [9.17, 15) is 4.79 Å². The molecule has 0 atom stereocenters. The topological polar surface area (TPSA) is 86.9 Å². The lowest BCUT2D eigenvalue weighted by molar-refractivity contribution is -0.125. The van der Waals surface area contributed by atoms with Crippen LogP contribution in [-0.2, 0) is 4.79 Å². The first-order chi connectivity index (χ1) is 11.5. The summed E-state index contributed by atoms with van der Waals surface area (Å²) in [5.41, 5.74) is 0.628. The minimum Gasteiger partial charge on any atom is -0.493 e. The van der Waals surface area contributed by atoms with Crippen molar-refractivity contribution >= 4 is 17.7 Å². The Bertz CT molecular complexity index is 692. The standard InChI is InChI=1S/C15H19N3O5S/c1-18(2)12(19)8-24-15-17-16-14(23-15)9-6-10(20-3)13(22-5)11(7-9)21-4/h6-7H,8H2,1-5H3. The zero-order valence-electron chi connectivity index (χ0n) is 14.2. The molecule has 0 aliphatic heterocycles. The predicted molar refractivity (Wildman–Crippen MR) is 88.8 cm³/mol. The molecule has 0 aliphatic carbocycles. The van der Waals surface area contributed by atoms with Gasteiger partial charge < -0.3 is 23.5 Å². The van der Waals surface area contributed by atoms with Crippen molar-refractivity contribution in [2.75, 3.05) is 41.2 Å². The Morgan fingerprint density at radius 1 is 1.12 bits per heavy atom. The summed E-state index contributed by atoms with van der Waals surface area (Å²) in [4.78, 5) is 13.1. The van der Waals surface area contributed by atoms with E-state index in [1.807, 2.05) is 0 Å². The fourth-order valence-corrected chi connectivity index (χ4v) is 2.58. The van der Waals surface area contributed by atoms with Crippen LogP contribution in [-0.4, -0.2) is 62.2 Å². The Kier molecular flexibility index (Phi) is 5.91. The molecule has 24 heavy (non-hydrogen) atoms. The average molecular weight is 353 g/mol. The highest BCUT2D eigenvalue weighted by molar-refractivity contribution is 7.99.